The van der Waals surface area contributed by atoms with E-state index in [1.54, 1.807) is 42.7 Å². The summed E-state index contributed by atoms with van der Waals surface area (Å²) in [4.78, 5) is 20.7. The van der Waals surface area contributed by atoms with Gasteiger partial charge >= 0.3 is 0 Å². The first-order valence-corrected chi connectivity index (χ1v) is 5.28. The normalized spacial score (nSPS) is 10.2. The Morgan fingerprint density at radius 1 is 1.53 bits per heavy atom. The fourth-order valence-electron chi connectivity index (χ4n) is 1.56. The van der Waals surface area contributed by atoms with Crippen molar-refractivity contribution in [3.63, 3.8) is 0 Å². The van der Waals surface area contributed by atoms with Crippen LogP contribution < -0.4 is 10.6 Å². The van der Waals surface area contributed by atoms with E-state index in [2.05, 4.69) is 9.97 Å². The van der Waals surface area contributed by atoms with E-state index in [9.17, 15) is 4.79 Å². The highest BCUT2D eigenvalue weighted by Gasteiger charge is 2.13. The van der Waals surface area contributed by atoms with E-state index in [1.165, 1.54) is 0 Å². The van der Waals surface area contributed by atoms with Crippen LogP contribution in [0.4, 0.5) is 5.69 Å². The highest BCUT2D eigenvalue weighted by atomic mass is 16.2. The minimum Gasteiger partial charge on any atom is -0.366 e. The van der Waals surface area contributed by atoms with E-state index < -0.39 is 0 Å². The molecule has 2 aromatic rings. The van der Waals surface area contributed by atoms with Crippen molar-refractivity contribution in [2.24, 2.45) is 5.73 Å². The van der Waals surface area contributed by atoms with Crippen molar-refractivity contribution in [2.75, 3.05) is 11.9 Å². The molecule has 1 amide bonds. The Kier molecular flexibility index (Phi) is 3.20. The quantitative estimate of drug-likeness (QED) is 0.830. The number of nitrogens with zero attached hydrogens (tertiary/aromatic N) is 2. The largest absolute Gasteiger partial charge is 0.366 e. The topological polar surface area (TPSA) is 75.0 Å². The van der Waals surface area contributed by atoms with Crippen LogP contribution in [-0.2, 0) is 6.54 Å². The Bertz CT molecular complexity index is 507. The number of hydrogen-bond donors (Lipinski definition) is 2. The zero-order chi connectivity index (χ0) is 12.3. The van der Waals surface area contributed by atoms with Gasteiger partial charge in [0.2, 0.25) is 0 Å². The average molecular weight is 230 g/mol. The Morgan fingerprint density at radius 2 is 2.35 bits per heavy atom. The lowest BCUT2D eigenvalue weighted by Gasteiger charge is -2.15. The number of anilines is 1. The predicted molar refractivity (Wildman–Crippen MR) is 65.7 cm³/mol. The predicted octanol–water partition coefficient (Wildman–Crippen LogP) is 1.15. The van der Waals surface area contributed by atoms with Crippen molar-refractivity contribution < 1.29 is 4.79 Å². The smallest absolute Gasteiger partial charge is 0.258 e. The summed E-state index contributed by atoms with van der Waals surface area (Å²) < 4.78 is 0. The van der Waals surface area contributed by atoms with Crippen LogP contribution in [0.2, 0.25) is 0 Å². The summed E-state index contributed by atoms with van der Waals surface area (Å²) in [6.07, 6.45) is 5.14. The van der Waals surface area contributed by atoms with Gasteiger partial charge in [-0.1, -0.05) is 0 Å². The van der Waals surface area contributed by atoms with Crippen molar-refractivity contribution in [2.45, 2.75) is 6.54 Å². The van der Waals surface area contributed by atoms with Gasteiger partial charge in [0.25, 0.3) is 5.91 Å². The lowest BCUT2D eigenvalue weighted by Crippen LogP contribution is -2.26. The first-order chi connectivity index (χ1) is 8.22. The number of aromatic amines is 1. The number of hydrogen-bond acceptors (Lipinski definition) is 3. The molecule has 0 aliphatic carbocycles. The van der Waals surface area contributed by atoms with Crippen molar-refractivity contribution >= 4 is 11.6 Å². The Labute approximate surface area is 99.3 Å². The standard InChI is InChI=1S/C12H14N4O/c1-16(11-3-4-14-8-11)12(17)9-2-5-15-10(6-9)7-13/h2-6,8,14H,7,13H2,1H3. The third-order valence-corrected chi connectivity index (χ3v) is 2.55. The van der Waals surface area contributed by atoms with Gasteiger partial charge in [-0.15, -0.1) is 0 Å². The summed E-state index contributed by atoms with van der Waals surface area (Å²) in [6, 6.07) is 5.24. The molecule has 0 fully saturated rings. The molecule has 88 valence electrons. The number of H-pyrrole nitrogens is 1. The second-order valence-corrected chi connectivity index (χ2v) is 3.67. The van der Waals surface area contributed by atoms with Crippen LogP contribution in [0.3, 0.4) is 0 Å². The highest BCUT2D eigenvalue weighted by Crippen LogP contribution is 2.14. The van der Waals surface area contributed by atoms with Crippen molar-refractivity contribution in [3.8, 4) is 0 Å². The molecule has 2 heterocycles. The Morgan fingerprint density at radius 3 is 3.00 bits per heavy atom. The molecule has 0 spiro atoms. The zero-order valence-electron chi connectivity index (χ0n) is 9.55. The molecule has 5 nitrogen and oxygen atoms in total. The van der Waals surface area contributed by atoms with Gasteiger partial charge in [-0.25, -0.2) is 0 Å². The molecule has 0 atom stereocenters. The molecule has 3 N–H and O–H groups in total. The average Bonchev–Trinajstić information content (AvgIpc) is 2.91. The minimum absolute atomic E-state index is 0.0818. The van der Waals surface area contributed by atoms with Gasteiger partial charge in [0, 0.05) is 37.7 Å². The molecule has 0 saturated carbocycles. The molecule has 0 bridgehead atoms. The van der Waals surface area contributed by atoms with Crippen LogP contribution in [0.15, 0.2) is 36.8 Å². The second-order valence-electron chi connectivity index (χ2n) is 3.67. The first-order valence-electron chi connectivity index (χ1n) is 5.28. The van der Waals surface area contributed by atoms with Gasteiger partial charge in [0.15, 0.2) is 0 Å². The number of carbonyl (C=O) groups is 1. The maximum absolute atomic E-state index is 12.2. The Balaban J connectivity index is 2.24. The number of nitrogens with two attached hydrogens (primary N) is 1. The van der Waals surface area contributed by atoms with Crippen LogP contribution >= 0.6 is 0 Å². The molecule has 0 aromatic carbocycles. The van der Waals surface area contributed by atoms with E-state index >= 15 is 0 Å². The molecule has 0 saturated heterocycles. The maximum Gasteiger partial charge on any atom is 0.258 e. The fourth-order valence-corrected chi connectivity index (χ4v) is 1.56. The van der Waals surface area contributed by atoms with E-state index in [0.29, 0.717) is 17.8 Å². The second kappa shape index (κ2) is 4.80. The van der Waals surface area contributed by atoms with E-state index in [-0.39, 0.29) is 5.91 Å². The van der Waals surface area contributed by atoms with Gasteiger partial charge in [0.1, 0.15) is 0 Å². The SMILES string of the molecule is CN(C(=O)c1ccnc(CN)c1)c1cc[nH]c1. The van der Waals surface area contributed by atoms with Crippen LogP contribution in [0.5, 0.6) is 0 Å². The van der Waals surface area contributed by atoms with Crippen LogP contribution in [0, 0.1) is 0 Å². The molecule has 2 aromatic heterocycles. The summed E-state index contributed by atoms with van der Waals surface area (Å²) in [5.74, 6) is -0.0818. The lowest BCUT2D eigenvalue weighted by atomic mass is 10.2. The molecular weight excluding hydrogens is 216 g/mol. The molecule has 0 aliphatic heterocycles. The molecule has 17 heavy (non-hydrogen) atoms. The third-order valence-electron chi connectivity index (χ3n) is 2.55. The maximum atomic E-state index is 12.2. The van der Waals surface area contributed by atoms with Crippen molar-refractivity contribution in [1.82, 2.24) is 9.97 Å². The monoisotopic (exact) mass is 230 g/mol. The molecule has 2 rings (SSSR count). The number of pyridine rings is 1. The minimum atomic E-state index is -0.0818. The van der Waals surface area contributed by atoms with Crippen molar-refractivity contribution in [1.29, 1.82) is 0 Å². The van der Waals surface area contributed by atoms with E-state index in [4.69, 9.17) is 5.73 Å². The summed E-state index contributed by atoms with van der Waals surface area (Å²) >= 11 is 0. The fraction of sp³-hybridized carbons (Fsp3) is 0.167. The summed E-state index contributed by atoms with van der Waals surface area (Å²) in [7, 11) is 1.73. The molecular formula is C12H14N4O. The van der Waals surface area contributed by atoms with E-state index in [0.717, 1.165) is 5.69 Å². The van der Waals surface area contributed by atoms with Crippen molar-refractivity contribution in [3.05, 3.63) is 48.0 Å². The summed E-state index contributed by atoms with van der Waals surface area (Å²) in [5, 5.41) is 0. The summed E-state index contributed by atoms with van der Waals surface area (Å²) in [6.45, 7) is 0.328. The summed E-state index contributed by atoms with van der Waals surface area (Å²) in [5.41, 5.74) is 7.61. The number of carbonyl (C=O) groups excluding carboxylic acids is 1. The van der Waals surface area contributed by atoms with E-state index in [1.807, 2.05) is 6.07 Å². The van der Waals surface area contributed by atoms with Gasteiger partial charge in [-0.3, -0.25) is 9.78 Å². The van der Waals surface area contributed by atoms with Gasteiger partial charge in [-0.2, -0.15) is 0 Å². The molecule has 5 heteroatoms. The number of amides is 1. The van der Waals surface area contributed by atoms with Crippen LogP contribution in [0.1, 0.15) is 16.1 Å². The van der Waals surface area contributed by atoms with Crippen LogP contribution in [0.25, 0.3) is 0 Å². The zero-order valence-corrected chi connectivity index (χ0v) is 9.55. The lowest BCUT2D eigenvalue weighted by molar-refractivity contribution is 0.0993. The third kappa shape index (κ3) is 2.34. The first kappa shape index (κ1) is 11.3. The molecule has 0 aliphatic rings. The van der Waals surface area contributed by atoms with Crippen LogP contribution in [-0.4, -0.2) is 22.9 Å². The van der Waals surface area contributed by atoms with Gasteiger partial charge < -0.3 is 15.6 Å². The number of nitrogens with one attached hydrogen (secondary N) is 1. The molecule has 0 radical (unpaired) electrons. The van der Waals surface area contributed by atoms with Gasteiger partial charge in [0.05, 0.1) is 11.4 Å². The highest BCUT2D eigenvalue weighted by molar-refractivity contribution is 6.05. The molecule has 0 unspecified atom stereocenters. The number of aromatic nitrogens is 2. The Hall–Kier alpha value is -2.14. The van der Waals surface area contributed by atoms with Gasteiger partial charge in [-0.05, 0) is 18.2 Å². The number of rotatable bonds is 3.